The van der Waals surface area contributed by atoms with Gasteiger partial charge in [0.15, 0.2) is 0 Å². The van der Waals surface area contributed by atoms with Gasteiger partial charge in [-0.2, -0.15) is 0 Å². The number of benzene rings is 3. The van der Waals surface area contributed by atoms with Crippen LogP contribution in [0.2, 0.25) is 0 Å². The molecule has 4 rings (SSSR count). The molecule has 2 nitrogen and oxygen atoms in total. The average Bonchev–Trinajstić information content (AvgIpc) is 2.54. The summed E-state index contributed by atoms with van der Waals surface area (Å²) in [6.45, 7) is 0. The Labute approximate surface area is 121 Å². The van der Waals surface area contributed by atoms with Crippen molar-refractivity contribution in [2.45, 2.75) is 0 Å². The summed E-state index contributed by atoms with van der Waals surface area (Å²) >= 11 is 0. The highest BCUT2D eigenvalue weighted by molar-refractivity contribution is 5.92. The lowest BCUT2D eigenvalue weighted by Crippen LogP contribution is -2.17. The number of fused-ring (bicyclic) bond motifs is 2. The van der Waals surface area contributed by atoms with E-state index in [4.69, 9.17) is 0 Å². The summed E-state index contributed by atoms with van der Waals surface area (Å²) in [4.78, 5) is 12.4. The predicted octanol–water partition coefficient (Wildman–Crippen LogP) is 4.14. The minimum Gasteiger partial charge on any atom is -0.276 e. The van der Waals surface area contributed by atoms with Crippen LogP contribution in [0.1, 0.15) is 0 Å². The molecule has 0 saturated carbocycles. The van der Waals surface area contributed by atoms with Crippen molar-refractivity contribution in [1.82, 2.24) is 4.57 Å². The fourth-order valence-corrected chi connectivity index (χ4v) is 2.84. The number of rotatable bonds is 1. The second kappa shape index (κ2) is 4.60. The number of para-hydroxylation sites is 1. The lowest BCUT2D eigenvalue weighted by molar-refractivity contribution is 1.05. The third-order valence-electron chi connectivity index (χ3n) is 3.81. The molecule has 0 bridgehead atoms. The molecule has 0 amide bonds. The van der Waals surface area contributed by atoms with Crippen molar-refractivity contribution in [3.05, 3.63) is 89.2 Å². The number of hydrogen-bond acceptors (Lipinski definition) is 1. The first kappa shape index (κ1) is 11.9. The molecule has 0 radical (unpaired) electrons. The zero-order valence-corrected chi connectivity index (χ0v) is 11.4. The van der Waals surface area contributed by atoms with Crippen LogP contribution in [0.4, 0.5) is 0 Å². The van der Waals surface area contributed by atoms with Crippen molar-refractivity contribution in [2.75, 3.05) is 0 Å². The Balaban J connectivity index is 2.19. The fourth-order valence-electron chi connectivity index (χ4n) is 2.84. The van der Waals surface area contributed by atoms with E-state index in [9.17, 15) is 4.79 Å². The van der Waals surface area contributed by atoms with Gasteiger partial charge in [-0.1, -0.05) is 54.6 Å². The first-order valence-electron chi connectivity index (χ1n) is 6.93. The molecule has 3 aromatic carbocycles. The van der Waals surface area contributed by atoms with Crippen molar-refractivity contribution in [2.24, 2.45) is 0 Å². The summed E-state index contributed by atoms with van der Waals surface area (Å²) in [5.41, 5.74) is 1.85. The van der Waals surface area contributed by atoms with Gasteiger partial charge < -0.3 is 0 Å². The van der Waals surface area contributed by atoms with E-state index in [1.54, 1.807) is 10.6 Å². The molecule has 1 heterocycles. The molecule has 0 spiro atoms. The van der Waals surface area contributed by atoms with Crippen molar-refractivity contribution >= 4 is 21.7 Å². The Morgan fingerprint density at radius 1 is 0.619 bits per heavy atom. The van der Waals surface area contributed by atoms with Crippen LogP contribution >= 0.6 is 0 Å². The maximum Gasteiger partial charge on any atom is 0.255 e. The van der Waals surface area contributed by atoms with E-state index in [0.29, 0.717) is 0 Å². The monoisotopic (exact) mass is 271 g/mol. The lowest BCUT2D eigenvalue weighted by Gasteiger charge is -2.12. The van der Waals surface area contributed by atoms with Gasteiger partial charge in [-0.25, -0.2) is 0 Å². The Kier molecular flexibility index (Phi) is 2.61. The van der Waals surface area contributed by atoms with Crippen LogP contribution in [0.15, 0.2) is 83.7 Å². The van der Waals surface area contributed by atoms with Gasteiger partial charge in [0.25, 0.3) is 5.56 Å². The quantitative estimate of drug-likeness (QED) is 0.510. The van der Waals surface area contributed by atoms with Crippen molar-refractivity contribution in [1.29, 1.82) is 0 Å². The molecule has 0 atom stereocenters. The Morgan fingerprint density at radius 3 is 2.24 bits per heavy atom. The minimum atomic E-state index is -0.00921. The standard InChI is InChI=1S/C19H13NO/c21-19-13-12-15-7-2-4-10-17(15)20(19)18-11-5-8-14-6-1-3-9-16(14)18/h1-13H. The highest BCUT2D eigenvalue weighted by atomic mass is 16.1. The summed E-state index contributed by atoms with van der Waals surface area (Å²) in [7, 11) is 0. The summed E-state index contributed by atoms with van der Waals surface area (Å²) in [6.07, 6.45) is 0. The van der Waals surface area contributed by atoms with Gasteiger partial charge in [0.05, 0.1) is 11.2 Å². The Hall–Kier alpha value is -2.87. The maximum absolute atomic E-state index is 12.4. The lowest BCUT2D eigenvalue weighted by atomic mass is 10.1. The van der Waals surface area contributed by atoms with E-state index in [0.717, 1.165) is 27.4 Å². The molecule has 21 heavy (non-hydrogen) atoms. The topological polar surface area (TPSA) is 22.0 Å². The number of pyridine rings is 1. The van der Waals surface area contributed by atoms with Crippen molar-refractivity contribution in [3.8, 4) is 5.69 Å². The van der Waals surface area contributed by atoms with E-state index >= 15 is 0 Å². The molecule has 1 aromatic heterocycles. The molecule has 4 aromatic rings. The van der Waals surface area contributed by atoms with Crippen LogP contribution in [-0.2, 0) is 0 Å². The highest BCUT2D eigenvalue weighted by Gasteiger charge is 2.08. The van der Waals surface area contributed by atoms with Gasteiger partial charge in [0.1, 0.15) is 0 Å². The first-order chi connectivity index (χ1) is 10.3. The van der Waals surface area contributed by atoms with Crippen LogP contribution in [0.25, 0.3) is 27.4 Å². The molecule has 0 aliphatic carbocycles. The Morgan fingerprint density at radius 2 is 1.33 bits per heavy atom. The third kappa shape index (κ3) is 1.84. The second-order valence-corrected chi connectivity index (χ2v) is 5.06. The summed E-state index contributed by atoms with van der Waals surface area (Å²) in [5, 5.41) is 3.28. The molecule has 0 fully saturated rings. The molecule has 0 N–H and O–H groups in total. The van der Waals surface area contributed by atoms with Crippen LogP contribution < -0.4 is 5.56 Å². The molecule has 0 saturated heterocycles. The first-order valence-corrected chi connectivity index (χ1v) is 6.93. The van der Waals surface area contributed by atoms with Gasteiger partial charge in [-0.3, -0.25) is 9.36 Å². The van der Waals surface area contributed by atoms with Gasteiger partial charge in [0.2, 0.25) is 0 Å². The zero-order chi connectivity index (χ0) is 14.2. The maximum atomic E-state index is 12.4. The molecular formula is C19H13NO. The van der Waals surface area contributed by atoms with Crippen LogP contribution in [0, 0.1) is 0 Å². The largest absolute Gasteiger partial charge is 0.276 e. The third-order valence-corrected chi connectivity index (χ3v) is 3.81. The number of hydrogen-bond donors (Lipinski definition) is 0. The van der Waals surface area contributed by atoms with Crippen LogP contribution in [0.3, 0.4) is 0 Å². The number of aromatic nitrogens is 1. The van der Waals surface area contributed by atoms with Gasteiger partial charge >= 0.3 is 0 Å². The SMILES string of the molecule is O=c1ccc2ccccc2n1-c1cccc2ccccc12. The smallest absolute Gasteiger partial charge is 0.255 e. The van der Waals surface area contributed by atoms with Gasteiger partial charge in [-0.05, 0) is 29.0 Å². The average molecular weight is 271 g/mol. The van der Waals surface area contributed by atoms with E-state index < -0.39 is 0 Å². The van der Waals surface area contributed by atoms with Crippen LogP contribution in [-0.4, -0.2) is 4.57 Å². The second-order valence-electron chi connectivity index (χ2n) is 5.06. The normalized spacial score (nSPS) is 11.0. The summed E-state index contributed by atoms with van der Waals surface area (Å²) in [5.74, 6) is 0. The highest BCUT2D eigenvalue weighted by Crippen LogP contribution is 2.24. The zero-order valence-electron chi connectivity index (χ0n) is 11.4. The van der Waals surface area contributed by atoms with E-state index in [-0.39, 0.29) is 5.56 Å². The Bertz CT molecular complexity index is 1010. The number of nitrogens with zero attached hydrogens (tertiary/aromatic N) is 1. The van der Waals surface area contributed by atoms with Crippen molar-refractivity contribution in [3.63, 3.8) is 0 Å². The van der Waals surface area contributed by atoms with Gasteiger partial charge in [0, 0.05) is 11.5 Å². The fraction of sp³-hybridized carbons (Fsp3) is 0. The van der Waals surface area contributed by atoms with Crippen molar-refractivity contribution < 1.29 is 0 Å². The molecule has 0 aliphatic rings. The molecule has 0 aliphatic heterocycles. The molecule has 2 heteroatoms. The molecule has 0 unspecified atom stereocenters. The van der Waals surface area contributed by atoms with E-state index in [1.807, 2.05) is 54.6 Å². The minimum absolute atomic E-state index is 0.00921. The van der Waals surface area contributed by atoms with E-state index in [2.05, 4.69) is 18.2 Å². The molecule has 100 valence electrons. The summed E-state index contributed by atoms with van der Waals surface area (Å²) < 4.78 is 1.79. The molecular weight excluding hydrogens is 258 g/mol. The summed E-state index contributed by atoms with van der Waals surface area (Å²) in [6, 6.07) is 25.6. The predicted molar refractivity (Wildman–Crippen MR) is 87.1 cm³/mol. The van der Waals surface area contributed by atoms with Gasteiger partial charge in [-0.15, -0.1) is 0 Å². The van der Waals surface area contributed by atoms with Crippen LogP contribution in [0.5, 0.6) is 0 Å². The van der Waals surface area contributed by atoms with E-state index in [1.165, 1.54) is 0 Å².